The Labute approximate surface area is 157 Å². The monoisotopic (exact) mass is 357 g/mol. The van der Waals surface area contributed by atoms with Gasteiger partial charge >= 0.3 is 0 Å². The van der Waals surface area contributed by atoms with Crippen molar-refractivity contribution in [3.8, 4) is 11.1 Å². The van der Waals surface area contributed by atoms with Gasteiger partial charge in [-0.1, -0.05) is 77.8 Å². The average Bonchev–Trinajstić information content (AvgIpc) is 2.67. The lowest BCUT2D eigenvalue weighted by molar-refractivity contribution is 0.103. The molecule has 0 unspecified atom stereocenters. The van der Waals surface area contributed by atoms with Gasteiger partial charge in [0.2, 0.25) is 0 Å². The van der Waals surface area contributed by atoms with Gasteiger partial charge in [0.25, 0.3) is 0 Å². The number of ketones is 1. The number of halogens is 1. The predicted octanol–water partition coefficient (Wildman–Crippen LogP) is 6.09. The molecule has 2 nitrogen and oxygen atoms in total. The van der Waals surface area contributed by atoms with E-state index in [9.17, 15) is 4.79 Å². The van der Waals surface area contributed by atoms with Crippen LogP contribution in [-0.2, 0) is 0 Å². The van der Waals surface area contributed by atoms with Gasteiger partial charge in [0.05, 0.1) is 5.52 Å². The summed E-state index contributed by atoms with van der Waals surface area (Å²) >= 11 is 6.12. The minimum absolute atomic E-state index is 0.0341. The molecule has 0 N–H and O–H groups in total. The topological polar surface area (TPSA) is 30.0 Å². The Balaban J connectivity index is 1.98. The number of nitrogens with zero attached hydrogens (tertiary/aromatic N) is 1. The number of carbonyl (C=O) groups is 1. The van der Waals surface area contributed by atoms with Crippen LogP contribution in [0.2, 0.25) is 5.02 Å². The first-order chi connectivity index (χ1) is 12.6. The van der Waals surface area contributed by atoms with Crippen LogP contribution in [0.5, 0.6) is 0 Å². The van der Waals surface area contributed by atoms with E-state index in [-0.39, 0.29) is 5.78 Å². The average molecular weight is 358 g/mol. The van der Waals surface area contributed by atoms with Crippen LogP contribution >= 0.6 is 11.6 Å². The van der Waals surface area contributed by atoms with Crippen molar-refractivity contribution in [1.29, 1.82) is 0 Å². The first-order valence-electron chi connectivity index (χ1n) is 8.38. The fourth-order valence-electron chi connectivity index (χ4n) is 3.12. The summed E-state index contributed by atoms with van der Waals surface area (Å²) in [5.74, 6) is -0.0341. The van der Waals surface area contributed by atoms with Crippen LogP contribution in [0, 0.1) is 6.92 Å². The Kier molecular flexibility index (Phi) is 4.27. The highest BCUT2D eigenvalue weighted by Gasteiger charge is 2.18. The molecule has 0 aliphatic rings. The van der Waals surface area contributed by atoms with Crippen LogP contribution in [0.4, 0.5) is 0 Å². The number of aromatic nitrogens is 1. The van der Waals surface area contributed by atoms with Crippen molar-refractivity contribution >= 4 is 28.3 Å². The maximum atomic E-state index is 13.2. The van der Waals surface area contributed by atoms with Crippen molar-refractivity contribution in [3.63, 3.8) is 0 Å². The smallest absolute Gasteiger partial charge is 0.195 e. The molecule has 3 heteroatoms. The Morgan fingerprint density at radius 2 is 1.65 bits per heavy atom. The van der Waals surface area contributed by atoms with E-state index in [1.807, 2.05) is 79.7 Å². The van der Waals surface area contributed by atoms with Crippen molar-refractivity contribution in [1.82, 2.24) is 4.98 Å². The molecule has 0 fully saturated rings. The van der Waals surface area contributed by atoms with Crippen LogP contribution in [-0.4, -0.2) is 10.8 Å². The lowest BCUT2D eigenvalue weighted by Gasteiger charge is -2.13. The molecule has 26 heavy (non-hydrogen) atoms. The summed E-state index contributed by atoms with van der Waals surface area (Å²) in [5, 5.41) is 1.54. The lowest BCUT2D eigenvalue weighted by Crippen LogP contribution is -2.05. The van der Waals surface area contributed by atoms with Crippen molar-refractivity contribution in [2.45, 2.75) is 6.92 Å². The molecular formula is C23H16ClNO. The molecule has 0 saturated carbocycles. The Bertz CT molecular complexity index is 1100. The van der Waals surface area contributed by atoms with Crippen molar-refractivity contribution in [2.75, 3.05) is 0 Å². The van der Waals surface area contributed by atoms with Crippen LogP contribution in [0.1, 0.15) is 21.5 Å². The number of carbonyl (C=O) groups excluding carboxylic acids is 1. The first kappa shape index (κ1) is 16.5. The maximum Gasteiger partial charge on any atom is 0.195 e. The summed E-state index contributed by atoms with van der Waals surface area (Å²) in [6.07, 6.45) is 1.66. The molecule has 0 aliphatic heterocycles. The molecule has 1 heterocycles. The fraction of sp³-hybridized carbons (Fsp3) is 0.0435. The zero-order chi connectivity index (χ0) is 18.1. The van der Waals surface area contributed by atoms with Crippen LogP contribution in [0.3, 0.4) is 0 Å². The summed E-state index contributed by atoms with van der Waals surface area (Å²) < 4.78 is 0. The molecule has 0 atom stereocenters. The molecule has 3 aromatic carbocycles. The molecule has 0 radical (unpaired) electrons. The van der Waals surface area contributed by atoms with Gasteiger partial charge in [-0.15, -0.1) is 0 Å². The maximum absolute atomic E-state index is 13.2. The van der Waals surface area contributed by atoms with Gasteiger partial charge in [0.1, 0.15) is 0 Å². The Hall–Kier alpha value is -2.97. The summed E-state index contributed by atoms with van der Waals surface area (Å²) in [6.45, 7) is 2.00. The third-order valence-electron chi connectivity index (χ3n) is 4.45. The van der Waals surface area contributed by atoms with E-state index in [4.69, 9.17) is 11.6 Å². The minimum Gasteiger partial charge on any atom is -0.289 e. The Morgan fingerprint density at radius 1 is 0.923 bits per heavy atom. The van der Waals surface area contributed by atoms with Gasteiger partial charge in [0, 0.05) is 33.3 Å². The zero-order valence-corrected chi connectivity index (χ0v) is 15.0. The van der Waals surface area contributed by atoms with Gasteiger partial charge < -0.3 is 0 Å². The number of aryl methyl sites for hydroxylation is 1. The van der Waals surface area contributed by atoms with Gasteiger partial charge in [-0.2, -0.15) is 0 Å². The summed E-state index contributed by atoms with van der Waals surface area (Å²) in [5.41, 5.74) is 5.02. The number of hydrogen-bond donors (Lipinski definition) is 0. The number of pyridine rings is 1. The molecule has 126 valence electrons. The van der Waals surface area contributed by atoms with Gasteiger partial charge in [0.15, 0.2) is 5.78 Å². The van der Waals surface area contributed by atoms with E-state index < -0.39 is 0 Å². The highest BCUT2D eigenvalue weighted by molar-refractivity contribution is 6.31. The van der Waals surface area contributed by atoms with Crippen molar-refractivity contribution < 1.29 is 4.79 Å². The largest absolute Gasteiger partial charge is 0.289 e. The quantitative estimate of drug-likeness (QED) is 0.415. The lowest BCUT2D eigenvalue weighted by atomic mass is 9.92. The molecule has 0 amide bonds. The molecule has 4 rings (SSSR count). The Morgan fingerprint density at radius 3 is 2.38 bits per heavy atom. The van der Waals surface area contributed by atoms with Gasteiger partial charge in [-0.3, -0.25) is 9.78 Å². The van der Waals surface area contributed by atoms with Crippen molar-refractivity contribution in [2.24, 2.45) is 0 Å². The van der Waals surface area contributed by atoms with E-state index in [1.165, 1.54) is 0 Å². The molecule has 0 bridgehead atoms. The van der Waals surface area contributed by atoms with Crippen LogP contribution in [0.25, 0.3) is 22.0 Å². The molecule has 4 aromatic rings. The third kappa shape index (κ3) is 3.00. The van der Waals surface area contributed by atoms with Crippen LogP contribution < -0.4 is 0 Å². The second-order valence-corrected chi connectivity index (χ2v) is 6.71. The zero-order valence-electron chi connectivity index (χ0n) is 14.2. The van der Waals surface area contributed by atoms with E-state index in [0.29, 0.717) is 16.1 Å². The normalized spacial score (nSPS) is 10.8. The molecule has 0 aliphatic carbocycles. The highest BCUT2D eigenvalue weighted by Crippen LogP contribution is 2.33. The molecule has 0 saturated heterocycles. The first-order valence-corrected chi connectivity index (χ1v) is 8.76. The molecule has 0 spiro atoms. The number of rotatable bonds is 3. The number of fused-ring (bicyclic) bond motifs is 1. The van der Waals surface area contributed by atoms with Crippen molar-refractivity contribution in [3.05, 3.63) is 101 Å². The number of benzene rings is 3. The van der Waals surface area contributed by atoms with Crippen LogP contribution in [0.15, 0.2) is 79.0 Å². The summed E-state index contributed by atoms with van der Waals surface area (Å²) in [7, 11) is 0. The number of hydrogen-bond acceptors (Lipinski definition) is 2. The van der Waals surface area contributed by atoms with Gasteiger partial charge in [-0.05, 0) is 24.6 Å². The SMILES string of the molecule is Cc1ccc(C(=O)c2cnc3cc(Cl)ccc3c2-c2ccccc2)cc1. The van der Waals surface area contributed by atoms with E-state index in [2.05, 4.69) is 4.98 Å². The third-order valence-corrected chi connectivity index (χ3v) is 4.69. The summed E-state index contributed by atoms with van der Waals surface area (Å²) in [4.78, 5) is 17.7. The standard InChI is InChI=1S/C23H16ClNO/c1-15-7-9-17(10-8-15)23(26)20-14-25-21-13-18(24)11-12-19(21)22(20)16-5-3-2-4-6-16/h2-14H,1H3. The van der Waals surface area contributed by atoms with E-state index in [0.717, 1.165) is 27.6 Å². The van der Waals surface area contributed by atoms with E-state index >= 15 is 0 Å². The van der Waals surface area contributed by atoms with E-state index in [1.54, 1.807) is 6.20 Å². The molecule has 1 aromatic heterocycles. The molecular weight excluding hydrogens is 342 g/mol. The highest BCUT2D eigenvalue weighted by atomic mass is 35.5. The minimum atomic E-state index is -0.0341. The second-order valence-electron chi connectivity index (χ2n) is 6.27. The predicted molar refractivity (Wildman–Crippen MR) is 107 cm³/mol. The second kappa shape index (κ2) is 6.74. The summed E-state index contributed by atoms with van der Waals surface area (Å²) in [6, 6.07) is 23.1. The fourth-order valence-corrected chi connectivity index (χ4v) is 3.28. The van der Waals surface area contributed by atoms with Gasteiger partial charge in [-0.25, -0.2) is 0 Å².